The van der Waals surface area contributed by atoms with Gasteiger partial charge in [0.1, 0.15) is 4.90 Å². The predicted octanol–water partition coefficient (Wildman–Crippen LogP) is 2.47. The molecule has 0 fully saturated rings. The molecule has 18 heavy (non-hydrogen) atoms. The van der Waals surface area contributed by atoms with Gasteiger partial charge in [-0.25, -0.2) is 18.4 Å². The van der Waals surface area contributed by atoms with Crippen LogP contribution >= 0.6 is 34.8 Å². The highest BCUT2D eigenvalue weighted by Gasteiger charge is 2.26. The van der Waals surface area contributed by atoms with Gasteiger partial charge >= 0.3 is 5.97 Å². The third-order valence-electron chi connectivity index (χ3n) is 1.91. The molecule has 2 N–H and O–H groups in total. The van der Waals surface area contributed by atoms with Gasteiger partial charge in [-0.15, -0.1) is 0 Å². The smallest absolute Gasteiger partial charge is 0.341 e. The summed E-state index contributed by atoms with van der Waals surface area (Å²) in [5.74, 6) is -0.875. The Morgan fingerprint density at radius 2 is 1.89 bits per heavy atom. The number of primary sulfonamides is 1. The van der Waals surface area contributed by atoms with E-state index in [-0.39, 0.29) is 22.2 Å². The fourth-order valence-corrected chi connectivity index (χ4v) is 2.90. The molecular weight excluding hydrogens is 325 g/mol. The summed E-state index contributed by atoms with van der Waals surface area (Å²) in [6, 6.07) is 0.976. The van der Waals surface area contributed by atoms with E-state index in [1.165, 1.54) is 0 Å². The summed E-state index contributed by atoms with van der Waals surface area (Å²) in [4.78, 5) is 11.1. The van der Waals surface area contributed by atoms with Crippen LogP contribution < -0.4 is 5.14 Å². The Morgan fingerprint density at radius 3 is 2.33 bits per heavy atom. The molecule has 0 bridgehead atoms. The van der Waals surface area contributed by atoms with Crippen molar-refractivity contribution in [1.82, 2.24) is 0 Å². The van der Waals surface area contributed by atoms with Crippen LogP contribution in [0.2, 0.25) is 15.1 Å². The second-order valence-corrected chi connectivity index (χ2v) is 5.82. The first-order chi connectivity index (χ1) is 8.20. The molecule has 0 spiro atoms. The quantitative estimate of drug-likeness (QED) is 0.680. The summed E-state index contributed by atoms with van der Waals surface area (Å²) in [6.07, 6.45) is 0. The van der Waals surface area contributed by atoms with Crippen molar-refractivity contribution in [2.24, 2.45) is 5.14 Å². The van der Waals surface area contributed by atoms with Crippen LogP contribution in [-0.4, -0.2) is 21.0 Å². The van der Waals surface area contributed by atoms with E-state index >= 15 is 0 Å². The third-order valence-corrected chi connectivity index (χ3v) is 4.14. The van der Waals surface area contributed by atoms with E-state index in [1.54, 1.807) is 6.92 Å². The van der Waals surface area contributed by atoms with E-state index in [0.29, 0.717) is 0 Å². The number of ether oxygens (including phenoxy) is 1. The van der Waals surface area contributed by atoms with Crippen LogP contribution in [0.5, 0.6) is 0 Å². The third kappa shape index (κ3) is 3.07. The number of carbonyl (C=O) groups is 1. The van der Waals surface area contributed by atoms with Gasteiger partial charge in [0.25, 0.3) is 0 Å². The predicted molar refractivity (Wildman–Crippen MR) is 68.8 cm³/mol. The summed E-state index contributed by atoms with van der Waals surface area (Å²) in [5, 5.41) is 4.20. The number of rotatable bonds is 3. The highest BCUT2D eigenvalue weighted by atomic mass is 35.5. The maximum absolute atomic E-state index is 11.6. The largest absolute Gasteiger partial charge is 0.462 e. The Labute approximate surface area is 119 Å². The molecule has 9 heteroatoms. The number of carbonyl (C=O) groups excluding carboxylic acids is 1. The molecule has 0 amide bonds. The number of halogens is 3. The number of hydrogen-bond donors (Lipinski definition) is 1. The van der Waals surface area contributed by atoms with Crippen LogP contribution in [0, 0.1) is 0 Å². The van der Waals surface area contributed by atoms with Crippen LogP contribution in [-0.2, 0) is 14.8 Å². The number of benzene rings is 1. The molecule has 0 radical (unpaired) electrons. The zero-order chi connectivity index (χ0) is 14.1. The molecule has 0 saturated carbocycles. The summed E-state index contributed by atoms with van der Waals surface area (Å²) in [7, 11) is -4.13. The van der Waals surface area contributed by atoms with Crippen molar-refractivity contribution in [3.63, 3.8) is 0 Å². The number of nitrogens with two attached hydrogens (primary N) is 1. The lowest BCUT2D eigenvalue weighted by Crippen LogP contribution is -2.15. The van der Waals surface area contributed by atoms with Gasteiger partial charge in [-0.2, -0.15) is 0 Å². The molecule has 0 aliphatic rings. The molecule has 1 rings (SSSR count). The Kier molecular flexibility index (Phi) is 4.85. The minimum absolute atomic E-state index is 0.0721. The topological polar surface area (TPSA) is 86.5 Å². The SMILES string of the molecule is CCOC(=O)c1c(Cl)c(Cl)cc(S(N)(=O)=O)c1Cl. The van der Waals surface area contributed by atoms with Gasteiger partial charge < -0.3 is 4.74 Å². The molecule has 100 valence electrons. The summed E-state index contributed by atoms with van der Waals surface area (Å²) < 4.78 is 27.3. The van der Waals surface area contributed by atoms with E-state index < -0.39 is 25.9 Å². The highest BCUT2D eigenvalue weighted by molar-refractivity contribution is 7.89. The van der Waals surface area contributed by atoms with Gasteiger partial charge in [0.2, 0.25) is 10.0 Å². The van der Waals surface area contributed by atoms with Crippen LogP contribution in [0.1, 0.15) is 17.3 Å². The Hall–Kier alpha value is -0.530. The van der Waals surface area contributed by atoms with Gasteiger partial charge in [0.05, 0.1) is 27.2 Å². The number of esters is 1. The van der Waals surface area contributed by atoms with Gasteiger partial charge in [-0.05, 0) is 13.0 Å². The first-order valence-electron chi connectivity index (χ1n) is 4.57. The van der Waals surface area contributed by atoms with Crippen molar-refractivity contribution in [3.05, 3.63) is 26.7 Å². The Balaban J connectivity index is 3.61. The van der Waals surface area contributed by atoms with E-state index in [4.69, 9.17) is 44.7 Å². The first kappa shape index (κ1) is 15.5. The summed E-state index contributed by atoms with van der Waals surface area (Å²) >= 11 is 17.3. The lowest BCUT2D eigenvalue weighted by atomic mass is 10.2. The second kappa shape index (κ2) is 5.63. The minimum Gasteiger partial charge on any atom is -0.462 e. The first-order valence-corrected chi connectivity index (χ1v) is 7.25. The van der Waals surface area contributed by atoms with E-state index in [2.05, 4.69) is 0 Å². The number of sulfonamides is 1. The molecule has 0 heterocycles. The zero-order valence-corrected chi connectivity index (χ0v) is 12.1. The fraction of sp³-hybridized carbons (Fsp3) is 0.222. The maximum atomic E-state index is 11.6. The molecule has 0 aliphatic carbocycles. The molecule has 0 atom stereocenters. The molecule has 1 aromatic carbocycles. The lowest BCUT2D eigenvalue weighted by molar-refractivity contribution is 0.0526. The van der Waals surface area contributed by atoms with Crippen molar-refractivity contribution in [2.75, 3.05) is 6.61 Å². The average Bonchev–Trinajstić information content (AvgIpc) is 2.22. The minimum atomic E-state index is -4.13. The Morgan fingerprint density at radius 1 is 1.33 bits per heavy atom. The lowest BCUT2D eigenvalue weighted by Gasteiger charge is -2.11. The van der Waals surface area contributed by atoms with Crippen molar-refractivity contribution in [3.8, 4) is 0 Å². The standard InChI is InChI=1S/C9H8Cl3NO4S/c1-2-17-9(14)6-7(11)4(10)3-5(8(6)12)18(13,15)16/h3H,2H2,1H3,(H2,13,15,16). The van der Waals surface area contributed by atoms with Crippen molar-refractivity contribution < 1.29 is 17.9 Å². The molecule has 0 unspecified atom stereocenters. The van der Waals surface area contributed by atoms with Gasteiger partial charge in [0, 0.05) is 0 Å². The zero-order valence-electron chi connectivity index (χ0n) is 9.04. The summed E-state index contributed by atoms with van der Waals surface area (Å²) in [5.41, 5.74) is -0.322. The van der Waals surface area contributed by atoms with Gasteiger partial charge in [-0.1, -0.05) is 34.8 Å². The summed E-state index contributed by atoms with van der Waals surface area (Å²) in [6.45, 7) is 1.65. The highest BCUT2D eigenvalue weighted by Crippen LogP contribution is 2.36. The van der Waals surface area contributed by atoms with Crippen molar-refractivity contribution in [2.45, 2.75) is 11.8 Å². The molecule has 5 nitrogen and oxygen atoms in total. The maximum Gasteiger partial charge on any atom is 0.341 e. The van der Waals surface area contributed by atoms with Gasteiger partial charge in [-0.3, -0.25) is 0 Å². The molecular formula is C9H8Cl3NO4S. The molecule has 1 aromatic rings. The second-order valence-electron chi connectivity index (χ2n) is 3.12. The van der Waals surface area contributed by atoms with Crippen molar-refractivity contribution >= 4 is 50.8 Å². The van der Waals surface area contributed by atoms with Crippen molar-refractivity contribution in [1.29, 1.82) is 0 Å². The normalized spacial score (nSPS) is 11.4. The average molecular weight is 333 g/mol. The van der Waals surface area contributed by atoms with E-state index in [9.17, 15) is 13.2 Å². The monoisotopic (exact) mass is 331 g/mol. The molecule has 0 saturated heterocycles. The van der Waals surface area contributed by atoms with Gasteiger partial charge in [0.15, 0.2) is 0 Å². The van der Waals surface area contributed by atoms with E-state index in [1.807, 2.05) is 0 Å². The van der Waals surface area contributed by atoms with Crippen LogP contribution in [0.4, 0.5) is 0 Å². The fourth-order valence-electron chi connectivity index (χ4n) is 1.17. The molecule has 0 aliphatic heterocycles. The van der Waals surface area contributed by atoms with Crippen LogP contribution in [0.3, 0.4) is 0 Å². The van der Waals surface area contributed by atoms with Crippen LogP contribution in [0.25, 0.3) is 0 Å². The molecule has 0 aromatic heterocycles. The van der Waals surface area contributed by atoms with E-state index in [0.717, 1.165) is 6.07 Å². The Bertz CT molecular complexity index is 600. The number of hydrogen-bond acceptors (Lipinski definition) is 4. The van der Waals surface area contributed by atoms with Crippen LogP contribution in [0.15, 0.2) is 11.0 Å².